The van der Waals surface area contributed by atoms with Crippen molar-refractivity contribution in [3.05, 3.63) is 87.8 Å². The first-order valence-electron chi connectivity index (χ1n) is 10.5. The molecule has 1 fully saturated rings. The van der Waals surface area contributed by atoms with Crippen LogP contribution in [-0.4, -0.2) is 53.8 Å². The Morgan fingerprint density at radius 2 is 1.68 bits per heavy atom. The molecule has 0 aliphatic carbocycles. The summed E-state index contributed by atoms with van der Waals surface area (Å²) >= 11 is 3.27. The molecule has 0 atom stereocenters. The summed E-state index contributed by atoms with van der Waals surface area (Å²) in [5.41, 5.74) is 1.14. The fraction of sp³-hybridized carbons (Fsp3) is 0.167. The molecule has 0 bridgehead atoms. The second-order valence-electron chi connectivity index (χ2n) is 7.49. The predicted octanol–water partition coefficient (Wildman–Crippen LogP) is 4.15. The third kappa shape index (κ3) is 5.64. The number of hydrogen-bond acceptors (Lipinski definition) is 5. The SMILES string of the molecule is N=C(c1ccc(C(=O)Nc2ccc(F)cc2C(=O)Nc2ccc(Br)cn2)cc1)N1CCOCC1. The van der Waals surface area contributed by atoms with Crippen LogP contribution >= 0.6 is 15.9 Å². The molecule has 8 nitrogen and oxygen atoms in total. The summed E-state index contributed by atoms with van der Waals surface area (Å²) in [6.07, 6.45) is 1.52. The maximum Gasteiger partial charge on any atom is 0.259 e. The highest BCUT2D eigenvalue weighted by atomic mass is 79.9. The van der Waals surface area contributed by atoms with E-state index in [1.165, 1.54) is 12.3 Å². The number of aromatic nitrogens is 1. The zero-order chi connectivity index (χ0) is 24.1. The first-order valence-corrected chi connectivity index (χ1v) is 11.3. The highest BCUT2D eigenvalue weighted by Crippen LogP contribution is 2.21. The molecule has 10 heteroatoms. The fourth-order valence-electron chi connectivity index (χ4n) is 3.39. The van der Waals surface area contributed by atoms with Crippen LogP contribution in [0.15, 0.2) is 65.3 Å². The molecule has 174 valence electrons. The van der Waals surface area contributed by atoms with Crippen molar-refractivity contribution in [1.82, 2.24) is 9.88 Å². The first-order chi connectivity index (χ1) is 16.4. The molecule has 0 radical (unpaired) electrons. The highest BCUT2D eigenvalue weighted by molar-refractivity contribution is 9.10. The molecule has 3 N–H and O–H groups in total. The number of anilines is 2. The molecular weight excluding hydrogens is 505 g/mol. The van der Waals surface area contributed by atoms with Crippen LogP contribution < -0.4 is 10.6 Å². The average Bonchev–Trinajstić information content (AvgIpc) is 2.86. The van der Waals surface area contributed by atoms with Crippen LogP contribution in [0.3, 0.4) is 0 Å². The Labute approximate surface area is 203 Å². The van der Waals surface area contributed by atoms with Crippen LogP contribution in [0.4, 0.5) is 15.9 Å². The molecule has 34 heavy (non-hydrogen) atoms. The first kappa shape index (κ1) is 23.5. The van der Waals surface area contributed by atoms with Crippen LogP contribution in [0.1, 0.15) is 26.3 Å². The normalized spacial score (nSPS) is 13.3. The van der Waals surface area contributed by atoms with Gasteiger partial charge in [0.05, 0.1) is 24.5 Å². The molecule has 2 aromatic carbocycles. The quantitative estimate of drug-likeness (QED) is 0.342. The summed E-state index contributed by atoms with van der Waals surface area (Å²) < 4.78 is 19.9. The lowest BCUT2D eigenvalue weighted by atomic mass is 10.1. The van der Waals surface area contributed by atoms with Gasteiger partial charge in [0.1, 0.15) is 17.5 Å². The summed E-state index contributed by atoms with van der Waals surface area (Å²) in [5.74, 6) is -1.04. The molecule has 1 saturated heterocycles. The molecule has 1 aliphatic heterocycles. The molecule has 2 amide bonds. The summed E-state index contributed by atoms with van der Waals surface area (Å²) in [5, 5.41) is 13.6. The summed E-state index contributed by atoms with van der Waals surface area (Å²) in [6.45, 7) is 2.45. The number of carbonyl (C=O) groups excluding carboxylic acids is 2. The minimum atomic E-state index is -0.613. The number of benzene rings is 2. The largest absolute Gasteiger partial charge is 0.378 e. The van der Waals surface area contributed by atoms with Crippen molar-refractivity contribution in [2.45, 2.75) is 0 Å². The minimum Gasteiger partial charge on any atom is -0.378 e. The van der Waals surface area contributed by atoms with E-state index < -0.39 is 17.6 Å². The Bertz CT molecular complexity index is 1210. The average molecular weight is 526 g/mol. The topological polar surface area (TPSA) is 107 Å². The van der Waals surface area contributed by atoms with E-state index in [1.807, 2.05) is 4.90 Å². The maximum atomic E-state index is 13.9. The van der Waals surface area contributed by atoms with Crippen LogP contribution in [0, 0.1) is 11.2 Å². The Kier molecular flexibility index (Phi) is 7.29. The number of rotatable bonds is 5. The standard InChI is InChI=1S/C24H21BrFN5O3/c25-17-5-8-21(28-14-17)30-24(33)19-13-18(26)6-7-20(19)29-23(32)16-3-1-15(2-4-16)22(27)31-9-11-34-12-10-31/h1-8,13-14,27H,9-12H2,(H,29,32)(H,28,30,33). The molecule has 3 aromatic rings. The van der Waals surface area contributed by atoms with Gasteiger partial charge in [0.15, 0.2) is 0 Å². The Morgan fingerprint density at radius 1 is 0.971 bits per heavy atom. The number of nitrogens with zero attached hydrogens (tertiary/aromatic N) is 2. The zero-order valence-electron chi connectivity index (χ0n) is 18.0. The number of ether oxygens (including phenoxy) is 1. The van der Waals surface area contributed by atoms with E-state index in [2.05, 4.69) is 31.5 Å². The van der Waals surface area contributed by atoms with Crippen molar-refractivity contribution in [2.24, 2.45) is 0 Å². The predicted molar refractivity (Wildman–Crippen MR) is 130 cm³/mol. The smallest absolute Gasteiger partial charge is 0.259 e. The third-order valence-electron chi connectivity index (χ3n) is 5.19. The zero-order valence-corrected chi connectivity index (χ0v) is 19.6. The van der Waals surface area contributed by atoms with Crippen molar-refractivity contribution in [2.75, 3.05) is 36.9 Å². The van der Waals surface area contributed by atoms with Gasteiger partial charge in [-0.15, -0.1) is 0 Å². The number of amides is 2. The van der Waals surface area contributed by atoms with E-state index in [-0.39, 0.29) is 17.1 Å². The number of pyridine rings is 1. The third-order valence-corrected chi connectivity index (χ3v) is 5.66. The van der Waals surface area contributed by atoms with Gasteiger partial charge in [-0.3, -0.25) is 15.0 Å². The van der Waals surface area contributed by atoms with E-state index in [9.17, 15) is 14.0 Å². The second kappa shape index (κ2) is 10.5. The molecule has 0 spiro atoms. The summed E-state index contributed by atoms with van der Waals surface area (Å²) in [6, 6.07) is 13.5. The Balaban J connectivity index is 1.47. The van der Waals surface area contributed by atoms with E-state index in [0.29, 0.717) is 43.3 Å². The van der Waals surface area contributed by atoms with Crippen molar-refractivity contribution in [3.8, 4) is 0 Å². The van der Waals surface area contributed by atoms with Crippen molar-refractivity contribution in [1.29, 1.82) is 5.41 Å². The number of hydrogen-bond donors (Lipinski definition) is 3. The Morgan fingerprint density at radius 3 is 2.35 bits per heavy atom. The summed E-state index contributed by atoms with van der Waals surface area (Å²) in [7, 11) is 0. The van der Waals surface area contributed by atoms with Gasteiger partial charge in [0.25, 0.3) is 11.8 Å². The monoisotopic (exact) mass is 525 g/mol. The van der Waals surface area contributed by atoms with Crippen molar-refractivity contribution >= 4 is 45.1 Å². The van der Waals surface area contributed by atoms with Gasteiger partial charge in [-0.1, -0.05) is 12.1 Å². The lowest BCUT2D eigenvalue weighted by Gasteiger charge is -2.29. The van der Waals surface area contributed by atoms with Crippen molar-refractivity contribution < 1.29 is 18.7 Å². The van der Waals surface area contributed by atoms with Gasteiger partial charge in [0.2, 0.25) is 0 Å². The Hall–Kier alpha value is -3.63. The van der Waals surface area contributed by atoms with E-state index in [1.54, 1.807) is 36.4 Å². The molecule has 0 unspecified atom stereocenters. The fourth-order valence-corrected chi connectivity index (χ4v) is 3.62. The highest BCUT2D eigenvalue weighted by Gasteiger charge is 2.18. The molecule has 2 heterocycles. The van der Waals surface area contributed by atoms with E-state index >= 15 is 0 Å². The van der Waals surface area contributed by atoms with Gasteiger partial charge in [-0.25, -0.2) is 9.37 Å². The van der Waals surface area contributed by atoms with Crippen LogP contribution in [0.5, 0.6) is 0 Å². The molecule has 1 aromatic heterocycles. The van der Waals surface area contributed by atoms with Crippen LogP contribution in [0.2, 0.25) is 0 Å². The molecule has 0 saturated carbocycles. The molecule has 1 aliphatic rings. The maximum absolute atomic E-state index is 13.9. The van der Waals surface area contributed by atoms with Gasteiger partial charge >= 0.3 is 0 Å². The second-order valence-corrected chi connectivity index (χ2v) is 8.40. The van der Waals surface area contributed by atoms with Crippen LogP contribution in [0.25, 0.3) is 0 Å². The lowest BCUT2D eigenvalue weighted by Crippen LogP contribution is -2.40. The van der Waals surface area contributed by atoms with Gasteiger partial charge < -0.3 is 20.3 Å². The van der Waals surface area contributed by atoms with Gasteiger partial charge in [-0.05, 0) is 58.4 Å². The van der Waals surface area contributed by atoms with Gasteiger partial charge in [-0.2, -0.15) is 0 Å². The minimum absolute atomic E-state index is 0.0382. The van der Waals surface area contributed by atoms with Crippen LogP contribution in [-0.2, 0) is 4.74 Å². The number of amidine groups is 1. The number of nitrogens with one attached hydrogen (secondary N) is 3. The lowest BCUT2D eigenvalue weighted by molar-refractivity contribution is 0.0680. The molecule has 4 rings (SSSR count). The number of carbonyl (C=O) groups is 2. The number of morpholine rings is 1. The van der Waals surface area contributed by atoms with E-state index in [0.717, 1.165) is 16.6 Å². The summed E-state index contributed by atoms with van der Waals surface area (Å²) in [4.78, 5) is 31.6. The number of halogens is 2. The molecular formula is C24H21BrFN5O3. The van der Waals surface area contributed by atoms with Crippen molar-refractivity contribution in [3.63, 3.8) is 0 Å². The van der Waals surface area contributed by atoms with E-state index in [4.69, 9.17) is 10.1 Å². The van der Waals surface area contributed by atoms with Gasteiger partial charge in [0, 0.05) is 34.9 Å².